The molecule has 98 valence electrons. The van der Waals surface area contributed by atoms with Gasteiger partial charge in [-0.2, -0.15) is 0 Å². The van der Waals surface area contributed by atoms with E-state index in [1.165, 1.54) is 4.31 Å². The quantitative estimate of drug-likeness (QED) is 0.607. The van der Waals surface area contributed by atoms with Crippen molar-refractivity contribution >= 4 is 22.0 Å². The second-order valence-electron chi connectivity index (χ2n) is 4.25. The first-order chi connectivity index (χ1) is 8.36. The van der Waals surface area contributed by atoms with Crippen molar-refractivity contribution in [3.05, 3.63) is 41.5 Å². The molecule has 0 unspecified atom stereocenters. The number of benzene rings is 1. The van der Waals surface area contributed by atoms with Gasteiger partial charge in [0.15, 0.2) is 6.29 Å². The fourth-order valence-electron chi connectivity index (χ4n) is 1.49. The number of para-hydroxylation sites is 1. The van der Waals surface area contributed by atoms with Gasteiger partial charge in [-0.05, 0) is 26.0 Å². The predicted molar refractivity (Wildman–Crippen MR) is 73.5 cm³/mol. The minimum atomic E-state index is -3.42. The normalized spacial score (nSPS) is 10.8. The van der Waals surface area contributed by atoms with Crippen molar-refractivity contribution in [1.82, 2.24) is 0 Å². The Hall–Kier alpha value is -1.62. The van der Waals surface area contributed by atoms with Crippen LogP contribution in [0.4, 0.5) is 5.69 Å². The minimum Gasteiger partial charge on any atom is -0.298 e. The van der Waals surface area contributed by atoms with Gasteiger partial charge in [-0.15, -0.1) is 0 Å². The predicted octanol–water partition coefficient (Wildman–Crippen LogP) is 2.23. The van der Waals surface area contributed by atoms with Crippen molar-refractivity contribution in [1.29, 1.82) is 0 Å². The Bertz CT molecular complexity index is 557. The van der Waals surface area contributed by atoms with Gasteiger partial charge in [-0.3, -0.25) is 9.10 Å². The number of aldehydes is 1. The van der Waals surface area contributed by atoms with Gasteiger partial charge in [0.25, 0.3) is 0 Å². The second kappa shape index (κ2) is 5.82. The second-order valence-corrected chi connectivity index (χ2v) is 6.16. The molecule has 0 atom stereocenters. The molecule has 4 nitrogen and oxygen atoms in total. The van der Waals surface area contributed by atoms with Crippen molar-refractivity contribution < 1.29 is 13.2 Å². The topological polar surface area (TPSA) is 54.5 Å². The first kappa shape index (κ1) is 14.4. The van der Waals surface area contributed by atoms with Crippen LogP contribution in [0.3, 0.4) is 0 Å². The Labute approximate surface area is 108 Å². The number of allylic oxidation sites excluding steroid dienone is 1. The summed E-state index contributed by atoms with van der Waals surface area (Å²) in [5.74, 6) is 0. The van der Waals surface area contributed by atoms with E-state index in [0.717, 1.165) is 11.8 Å². The molecule has 1 aromatic carbocycles. The first-order valence-corrected chi connectivity index (χ1v) is 7.36. The SMILES string of the molecule is CC(C)=CCN(c1ccccc1C=O)S(C)(=O)=O. The Morgan fingerprint density at radius 3 is 2.39 bits per heavy atom. The van der Waals surface area contributed by atoms with Gasteiger partial charge in [0, 0.05) is 5.56 Å². The van der Waals surface area contributed by atoms with E-state index in [4.69, 9.17) is 0 Å². The summed E-state index contributed by atoms with van der Waals surface area (Å²) in [4.78, 5) is 11.0. The Morgan fingerprint density at radius 2 is 1.89 bits per heavy atom. The molecule has 0 heterocycles. The van der Waals surface area contributed by atoms with Crippen molar-refractivity contribution in [2.75, 3.05) is 17.1 Å². The molecule has 0 aliphatic carbocycles. The van der Waals surface area contributed by atoms with E-state index in [0.29, 0.717) is 17.5 Å². The zero-order chi connectivity index (χ0) is 13.8. The fourth-order valence-corrected chi connectivity index (χ4v) is 2.36. The third kappa shape index (κ3) is 3.70. The van der Waals surface area contributed by atoms with E-state index < -0.39 is 10.0 Å². The van der Waals surface area contributed by atoms with Gasteiger partial charge in [-0.1, -0.05) is 23.8 Å². The smallest absolute Gasteiger partial charge is 0.232 e. The van der Waals surface area contributed by atoms with Gasteiger partial charge >= 0.3 is 0 Å². The summed E-state index contributed by atoms with van der Waals surface area (Å²) >= 11 is 0. The van der Waals surface area contributed by atoms with E-state index in [-0.39, 0.29) is 6.54 Å². The summed E-state index contributed by atoms with van der Waals surface area (Å²) < 4.78 is 24.8. The standard InChI is InChI=1S/C13H17NO3S/c1-11(2)8-9-14(18(3,16)17)13-7-5-4-6-12(13)10-15/h4-8,10H,9H2,1-3H3. The average Bonchev–Trinajstić information content (AvgIpc) is 2.27. The van der Waals surface area contributed by atoms with Gasteiger partial charge in [-0.25, -0.2) is 8.42 Å². The lowest BCUT2D eigenvalue weighted by molar-refractivity contribution is 0.112. The van der Waals surface area contributed by atoms with E-state index >= 15 is 0 Å². The molecule has 5 heteroatoms. The van der Waals surface area contributed by atoms with E-state index in [2.05, 4.69) is 0 Å². The number of carbonyl (C=O) groups is 1. The number of rotatable bonds is 5. The van der Waals surface area contributed by atoms with Crippen LogP contribution < -0.4 is 4.31 Å². The van der Waals surface area contributed by atoms with Crippen LogP contribution in [-0.4, -0.2) is 27.5 Å². The molecule has 0 saturated carbocycles. The van der Waals surface area contributed by atoms with Crippen molar-refractivity contribution in [3.8, 4) is 0 Å². The monoisotopic (exact) mass is 267 g/mol. The lowest BCUT2D eigenvalue weighted by atomic mass is 10.2. The molecular formula is C13H17NO3S. The van der Waals surface area contributed by atoms with Gasteiger partial charge in [0.1, 0.15) is 0 Å². The molecule has 0 aliphatic heterocycles. The summed E-state index contributed by atoms with van der Waals surface area (Å²) in [5.41, 5.74) is 1.80. The zero-order valence-electron chi connectivity index (χ0n) is 10.8. The number of nitrogens with zero attached hydrogens (tertiary/aromatic N) is 1. The first-order valence-electron chi connectivity index (χ1n) is 5.51. The average molecular weight is 267 g/mol. The molecule has 0 spiro atoms. The van der Waals surface area contributed by atoms with Gasteiger partial charge < -0.3 is 0 Å². The molecule has 0 aromatic heterocycles. The summed E-state index contributed by atoms with van der Waals surface area (Å²) in [5, 5.41) is 0. The third-order valence-electron chi connectivity index (χ3n) is 2.40. The third-order valence-corrected chi connectivity index (χ3v) is 3.54. The maximum Gasteiger partial charge on any atom is 0.232 e. The van der Waals surface area contributed by atoms with Crippen LogP contribution in [0.5, 0.6) is 0 Å². The van der Waals surface area contributed by atoms with Crippen LogP contribution in [0.1, 0.15) is 24.2 Å². The number of hydrogen-bond donors (Lipinski definition) is 0. The molecule has 1 aromatic rings. The van der Waals surface area contributed by atoms with Gasteiger partial charge in [0.05, 0.1) is 18.5 Å². The van der Waals surface area contributed by atoms with Crippen LogP contribution >= 0.6 is 0 Å². The van der Waals surface area contributed by atoms with Crippen LogP contribution in [0.15, 0.2) is 35.9 Å². The maximum absolute atomic E-state index is 11.8. The Morgan fingerprint density at radius 1 is 1.28 bits per heavy atom. The summed E-state index contributed by atoms with van der Waals surface area (Å²) in [6.45, 7) is 4.02. The van der Waals surface area contributed by atoms with E-state index in [9.17, 15) is 13.2 Å². The lowest BCUT2D eigenvalue weighted by Crippen LogP contribution is -2.31. The van der Waals surface area contributed by atoms with Crippen LogP contribution in [0, 0.1) is 0 Å². The van der Waals surface area contributed by atoms with Crippen LogP contribution in [0.25, 0.3) is 0 Å². The number of hydrogen-bond acceptors (Lipinski definition) is 3. The lowest BCUT2D eigenvalue weighted by Gasteiger charge is -2.22. The molecule has 0 saturated heterocycles. The Kier molecular flexibility index (Phi) is 4.67. The molecule has 0 fully saturated rings. The van der Waals surface area contributed by atoms with E-state index in [1.54, 1.807) is 24.3 Å². The molecule has 18 heavy (non-hydrogen) atoms. The van der Waals surface area contributed by atoms with Gasteiger partial charge in [0.2, 0.25) is 10.0 Å². The summed E-state index contributed by atoms with van der Waals surface area (Å²) in [7, 11) is -3.42. The summed E-state index contributed by atoms with van der Waals surface area (Å²) in [6, 6.07) is 6.64. The maximum atomic E-state index is 11.8. The molecule has 0 N–H and O–H groups in total. The van der Waals surface area contributed by atoms with Crippen molar-refractivity contribution in [2.24, 2.45) is 0 Å². The minimum absolute atomic E-state index is 0.228. The molecule has 1 rings (SSSR count). The molecule has 0 amide bonds. The van der Waals surface area contributed by atoms with Crippen LogP contribution in [-0.2, 0) is 10.0 Å². The molecule has 0 bridgehead atoms. The highest BCUT2D eigenvalue weighted by Gasteiger charge is 2.18. The molecular weight excluding hydrogens is 250 g/mol. The number of anilines is 1. The van der Waals surface area contributed by atoms with Crippen LogP contribution in [0.2, 0.25) is 0 Å². The molecule has 0 aliphatic rings. The fraction of sp³-hybridized carbons (Fsp3) is 0.308. The van der Waals surface area contributed by atoms with Crippen molar-refractivity contribution in [3.63, 3.8) is 0 Å². The number of sulfonamides is 1. The summed E-state index contributed by atoms with van der Waals surface area (Å²) in [6.07, 6.45) is 3.60. The molecule has 0 radical (unpaired) electrons. The highest BCUT2D eigenvalue weighted by atomic mass is 32.2. The number of carbonyl (C=O) groups excluding carboxylic acids is 1. The zero-order valence-corrected chi connectivity index (χ0v) is 11.6. The largest absolute Gasteiger partial charge is 0.298 e. The highest BCUT2D eigenvalue weighted by molar-refractivity contribution is 7.92. The Balaban J connectivity index is 3.26. The highest BCUT2D eigenvalue weighted by Crippen LogP contribution is 2.21. The van der Waals surface area contributed by atoms with Crippen molar-refractivity contribution in [2.45, 2.75) is 13.8 Å². The van der Waals surface area contributed by atoms with E-state index in [1.807, 2.05) is 19.9 Å².